The van der Waals surface area contributed by atoms with Gasteiger partial charge in [0.05, 0.1) is 7.11 Å². The first kappa shape index (κ1) is 13.3. The number of carbonyl (C=O) groups is 1. The zero-order valence-corrected chi connectivity index (χ0v) is 11.5. The number of rotatable bonds is 4. The second-order valence-corrected chi connectivity index (χ2v) is 4.67. The van der Waals surface area contributed by atoms with Crippen molar-refractivity contribution in [3.63, 3.8) is 0 Å². The molecule has 2 nitrogen and oxygen atoms in total. The molecule has 0 aliphatic rings. The molecule has 2 aromatic rings. The van der Waals surface area contributed by atoms with E-state index in [1.807, 2.05) is 62.4 Å². The third kappa shape index (κ3) is 2.84. The minimum Gasteiger partial charge on any atom is -0.497 e. The van der Waals surface area contributed by atoms with Crippen LogP contribution in [0.3, 0.4) is 0 Å². The number of methoxy groups -OCH3 is 1. The van der Waals surface area contributed by atoms with Gasteiger partial charge in [0.2, 0.25) is 0 Å². The van der Waals surface area contributed by atoms with Gasteiger partial charge in [-0.15, -0.1) is 0 Å². The fraction of sp³-hybridized carbons (Fsp3) is 0.235. The minimum atomic E-state index is -0.145. The molecule has 0 radical (unpaired) electrons. The Morgan fingerprint density at radius 1 is 1.11 bits per heavy atom. The third-order valence-electron chi connectivity index (χ3n) is 3.40. The van der Waals surface area contributed by atoms with Crippen molar-refractivity contribution >= 4 is 5.78 Å². The van der Waals surface area contributed by atoms with Gasteiger partial charge in [-0.1, -0.05) is 43.3 Å². The van der Waals surface area contributed by atoms with Crippen molar-refractivity contribution < 1.29 is 9.53 Å². The van der Waals surface area contributed by atoms with Gasteiger partial charge >= 0.3 is 0 Å². The summed E-state index contributed by atoms with van der Waals surface area (Å²) in [5.74, 6) is 0.822. The van der Waals surface area contributed by atoms with E-state index in [1.165, 1.54) is 0 Å². The number of aryl methyl sites for hydroxylation is 1. The van der Waals surface area contributed by atoms with E-state index in [4.69, 9.17) is 4.74 Å². The molecule has 0 aliphatic carbocycles. The van der Waals surface area contributed by atoms with Crippen LogP contribution in [0.4, 0.5) is 0 Å². The largest absolute Gasteiger partial charge is 0.497 e. The fourth-order valence-electron chi connectivity index (χ4n) is 2.25. The zero-order chi connectivity index (χ0) is 13.8. The summed E-state index contributed by atoms with van der Waals surface area (Å²) in [6.07, 6.45) is 0. The normalized spacial score (nSPS) is 11.9. The van der Waals surface area contributed by atoms with E-state index in [2.05, 4.69) is 0 Å². The van der Waals surface area contributed by atoms with Gasteiger partial charge < -0.3 is 4.74 Å². The summed E-state index contributed by atoms with van der Waals surface area (Å²) in [6.45, 7) is 3.96. The minimum absolute atomic E-state index is 0.145. The topological polar surface area (TPSA) is 26.3 Å². The van der Waals surface area contributed by atoms with E-state index in [0.717, 1.165) is 22.4 Å². The standard InChI is InChI=1S/C17H18O2/c1-12-11-15(19-3)9-10-16(12)13(2)17(18)14-7-5-4-6-8-14/h4-11,13H,1-3H3. The molecule has 2 aromatic carbocycles. The van der Waals surface area contributed by atoms with Crippen LogP contribution in [0.1, 0.15) is 34.3 Å². The molecule has 0 bridgehead atoms. The lowest BCUT2D eigenvalue weighted by atomic mass is 9.89. The van der Waals surface area contributed by atoms with E-state index < -0.39 is 0 Å². The molecule has 0 aliphatic heterocycles. The van der Waals surface area contributed by atoms with Gasteiger partial charge in [0, 0.05) is 11.5 Å². The fourth-order valence-corrected chi connectivity index (χ4v) is 2.25. The summed E-state index contributed by atoms with van der Waals surface area (Å²) in [7, 11) is 1.65. The van der Waals surface area contributed by atoms with Crippen LogP contribution in [0.15, 0.2) is 48.5 Å². The Bertz CT molecular complexity index is 573. The number of carbonyl (C=O) groups excluding carboxylic acids is 1. The molecule has 0 aromatic heterocycles. The Hall–Kier alpha value is -2.09. The molecule has 2 rings (SSSR count). The lowest BCUT2D eigenvalue weighted by Crippen LogP contribution is -2.10. The van der Waals surface area contributed by atoms with Crippen molar-refractivity contribution in [3.05, 3.63) is 65.2 Å². The van der Waals surface area contributed by atoms with Crippen molar-refractivity contribution in [3.8, 4) is 5.75 Å². The molecule has 1 atom stereocenters. The van der Waals surface area contributed by atoms with Crippen LogP contribution in [0.2, 0.25) is 0 Å². The van der Waals surface area contributed by atoms with E-state index >= 15 is 0 Å². The van der Waals surface area contributed by atoms with E-state index in [1.54, 1.807) is 7.11 Å². The quantitative estimate of drug-likeness (QED) is 0.771. The predicted molar refractivity (Wildman–Crippen MR) is 76.9 cm³/mol. The maximum absolute atomic E-state index is 12.4. The highest BCUT2D eigenvalue weighted by molar-refractivity contribution is 6.00. The Morgan fingerprint density at radius 3 is 2.37 bits per heavy atom. The van der Waals surface area contributed by atoms with Gasteiger partial charge in [-0.05, 0) is 30.2 Å². The molecule has 0 saturated heterocycles. The maximum Gasteiger partial charge on any atom is 0.170 e. The maximum atomic E-state index is 12.4. The van der Waals surface area contributed by atoms with E-state index in [-0.39, 0.29) is 11.7 Å². The first-order valence-electron chi connectivity index (χ1n) is 6.37. The molecular weight excluding hydrogens is 236 g/mol. The molecule has 0 spiro atoms. The van der Waals surface area contributed by atoms with Crippen LogP contribution >= 0.6 is 0 Å². The van der Waals surface area contributed by atoms with Crippen LogP contribution in [0.5, 0.6) is 5.75 Å². The summed E-state index contributed by atoms with van der Waals surface area (Å²) in [6, 6.07) is 15.2. The van der Waals surface area contributed by atoms with Crippen LogP contribution in [0, 0.1) is 6.92 Å². The van der Waals surface area contributed by atoms with Crippen LogP contribution in [-0.4, -0.2) is 12.9 Å². The van der Waals surface area contributed by atoms with Crippen molar-refractivity contribution in [1.82, 2.24) is 0 Å². The van der Waals surface area contributed by atoms with Crippen molar-refractivity contribution in [1.29, 1.82) is 0 Å². The summed E-state index contributed by atoms with van der Waals surface area (Å²) < 4.78 is 5.19. The SMILES string of the molecule is COc1ccc(C(C)C(=O)c2ccccc2)c(C)c1. The lowest BCUT2D eigenvalue weighted by Gasteiger charge is -2.14. The molecule has 2 heteroatoms. The number of ether oxygens (including phenoxy) is 1. The Kier molecular flexibility index (Phi) is 4.00. The highest BCUT2D eigenvalue weighted by Gasteiger charge is 2.18. The molecule has 0 amide bonds. The van der Waals surface area contributed by atoms with Crippen molar-refractivity contribution in [2.75, 3.05) is 7.11 Å². The average Bonchev–Trinajstić information content (AvgIpc) is 2.46. The highest BCUT2D eigenvalue weighted by atomic mass is 16.5. The summed E-state index contributed by atoms with van der Waals surface area (Å²) in [5, 5.41) is 0. The summed E-state index contributed by atoms with van der Waals surface area (Å²) in [4.78, 5) is 12.4. The summed E-state index contributed by atoms with van der Waals surface area (Å²) >= 11 is 0. The van der Waals surface area contributed by atoms with Crippen molar-refractivity contribution in [2.24, 2.45) is 0 Å². The van der Waals surface area contributed by atoms with Gasteiger partial charge in [-0.2, -0.15) is 0 Å². The Morgan fingerprint density at radius 2 is 1.79 bits per heavy atom. The monoisotopic (exact) mass is 254 g/mol. The van der Waals surface area contributed by atoms with Crippen LogP contribution in [0.25, 0.3) is 0 Å². The van der Waals surface area contributed by atoms with Crippen molar-refractivity contribution in [2.45, 2.75) is 19.8 Å². The number of hydrogen-bond donors (Lipinski definition) is 0. The Labute approximate surface area is 114 Å². The smallest absolute Gasteiger partial charge is 0.170 e. The molecule has 98 valence electrons. The van der Waals surface area contributed by atoms with Crippen LogP contribution in [-0.2, 0) is 0 Å². The van der Waals surface area contributed by atoms with Gasteiger partial charge in [0.15, 0.2) is 5.78 Å². The van der Waals surface area contributed by atoms with Gasteiger partial charge in [0.1, 0.15) is 5.75 Å². The van der Waals surface area contributed by atoms with E-state index in [9.17, 15) is 4.79 Å². The number of Topliss-reactive ketones (excluding diaryl/α,β-unsaturated/α-hetero) is 1. The molecule has 19 heavy (non-hydrogen) atoms. The van der Waals surface area contributed by atoms with Gasteiger partial charge in [-0.3, -0.25) is 4.79 Å². The zero-order valence-electron chi connectivity index (χ0n) is 11.5. The molecule has 0 fully saturated rings. The second-order valence-electron chi connectivity index (χ2n) is 4.67. The van der Waals surface area contributed by atoms with E-state index in [0.29, 0.717) is 0 Å². The molecule has 0 saturated carbocycles. The Balaban J connectivity index is 2.29. The molecule has 1 unspecified atom stereocenters. The number of benzene rings is 2. The van der Waals surface area contributed by atoms with Gasteiger partial charge in [-0.25, -0.2) is 0 Å². The first-order chi connectivity index (χ1) is 9.13. The number of ketones is 1. The second kappa shape index (κ2) is 5.70. The van der Waals surface area contributed by atoms with Crippen LogP contribution < -0.4 is 4.74 Å². The molecular formula is C17H18O2. The first-order valence-corrected chi connectivity index (χ1v) is 6.37. The number of hydrogen-bond acceptors (Lipinski definition) is 2. The summed E-state index contributed by atoms with van der Waals surface area (Å²) in [5.41, 5.74) is 2.89. The van der Waals surface area contributed by atoms with Gasteiger partial charge in [0.25, 0.3) is 0 Å². The average molecular weight is 254 g/mol. The molecule has 0 N–H and O–H groups in total. The third-order valence-corrected chi connectivity index (χ3v) is 3.40. The highest BCUT2D eigenvalue weighted by Crippen LogP contribution is 2.26. The lowest BCUT2D eigenvalue weighted by molar-refractivity contribution is 0.0966. The molecule has 0 heterocycles. The predicted octanol–water partition coefficient (Wildman–Crippen LogP) is 3.99.